The lowest BCUT2D eigenvalue weighted by molar-refractivity contribution is 0.102. The number of anilines is 1. The number of benzene rings is 1. The van der Waals surface area contributed by atoms with Gasteiger partial charge in [0.2, 0.25) is 5.95 Å². The average Bonchev–Trinajstić information content (AvgIpc) is 2.89. The summed E-state index contributed by atoms with van der Waals surface area (Å²) in [5.41, 5.74) is 5.81. The Labute approximate surface area is 127 Å². The lowest BCUT2D eigenvalue weighted by atomic mass is 10.1. The van der Waals surface area contributed by atoms with Crippen molar-refractivity contribution in [3.05, 3.63) is 46.0 Å². The summed E-state index contributed by atoms with van der Waals surface area (Å²) in [5.74, 6) is -0.502. The van der Waals surface area contributed by atoms with Crippen LogP contribution >= 0.6 is 11.8 Å². The molecular formula is C13H10FN5O2S. The fourth-order valence-electron chi connectivity index (χ4n) is 1.82. The smallest absolute Gasteiger partial charge is 0.278 e. The van der Waals surface area contributed by atoms with E-state index in [1.54, 1.807) is 0 Å². The number of nitrogens with zero attached hydrogens (tertiary/aromatic N) is 2. The van der Waals surface area contributed by atoms with Crippen LogP contribution in [0.5, 0.6) is 0 Å². The zero-order valence-electron chi connectivity index (χ0n) is 11.1. The number of rotatable bonds is 4. The Hall–Kier alpha value is -2.68. The van der Waals surface area contributed by atoms with Crippen LogP contribution < -0.4 is 11.3 Å². The second kappa shape index (κ2) is 5.60. The van der Waals surface area contributed by atoms with Crippen molar-refractivity contribution in [3.8, 4) is 0 Å². The van der Waals surface area contributed by atoms with Gasteiger partial charge in [0.05, 0.1) is 5.75 Å². The number of fused-ring (bicyclic) bond motifs is 1. The lowest BCUT2D eigenvalue weighted by Gasteiger charge is -1.99. The van der Waals surface area contributed by atoms with E-state index in [0.717, 1.165) is 11.8 Å². The van der Waals surface area contributed by atoms with E-state index in [0.29, 0.717) is 10.7 Å². The normalized spacial score (nSPS) is 11.0. The van der Waals surface area contributed by atoms with E-state index in [9.17, 15) is 14.0 Å². The van der Waals surface area contributed by atoms with Crippen molar-refractivity contribution in [2.75, 3.05) is 11.5 Å². The Balaban J connectivity index is 1.76. The molecule has 3 rings (SSSR count). The SMILES string of the molecule is Nc1nc2nc(SCC(=O)c3ccc(F)cc3)[nH]c2c(=O)[nH]1. The van der Waals surface area contributed by atoms with E-state index in [1.807, 2.05) is 0 Å². The van der Waals surface area contributed by atoms with Crippen LogP contribution in [0.3, 0.4) is 0 Å². The Kier molecular flexibility index (Phi) is 3.63. The standard InChI is InChI=1S/C13H10FN5O2S/c14-7-3-1-6(2-4-7)8(20)5-22-13-16-9-10(18-13)17-12(15)19-11(9)21/h1-4H,5H2,(H4,15,16,17,18,19,21). The molecule has 0 spiro atoms. The van der Waals surface area contributed by atoms with E-state index in [1.165, 1.54) is 24.3 Å². The molecule has 7 nitrogen and oxygen atoms in total. The Bertz CT molecular complexity index is 903. The summed E-state index contributed by atoms with van der Waals surface area (Å²) in [4.78, 5) is 36.7. The first-order valence-corrected chi connectivity index (χ1v) is 7.18. The molecule has 0 aliphatic heterocycles. The molecule has 0 amide bonds. The summed E-state index contributed by atoms with van der Waals surface area (Å²) >= 11 is 1.12. The molecule has 0 aliphatic carbocycles. The minimum Gasteiger partial charge on any atom is -0.369 e. The fraction of sp³-hybridized carbons (Fsp3) is 0.0769. The number of nitrogen functional groups attached to an aromatic ring is 1. The molecule has 0 aliphatic rings. The van der Waals surface area contributed by atoms with Gasteiger partial charge in [0.25, 0.3) is 5.56 Å². The number of carbonyl (C=O) groups is 1. The molecule has 0 bridgehead atoms. The number of aromatic nitrogens is 4. The molecule has 0 atom stereocenters. The molecule has 0 radical (unpaired) electrons. The van der Waals surface area contributed by atoms with Gasteiger partial charge in [0, 0.05) is 5.56 Å². The number of carbonyl (C=O) groups excluding carboxylic acids is 1. The van der Waals surface area contributed by atoms with Crippen LogP contribution in [0.2, 0.25) is 0 Å². The molecule has 0 saturated carbocycles. The number of imidazole rings is 1. The van der Waals surface area contributed by atoms with E-state index in [4.69, 9.17) is 5.73 Å². The molecule has 4 N–H and O–H groups in total. The quantitative estimate of drug-likeness (QED) is 0.493. The number of halogens is 1. The maximum Gasteiger partial charge on any atom is 0.278 e. The second-order valence-corrected chi connectivity index (χ2v) is 5.37. The molecular weight excluding hydrogens is 309 g/mol. The summed E-state index contributed by atoms with van der Waals surface area (Å²) in [5, 5.41) is 0.383. The van der Waals surface area contributed by atoms with E-state index in [2.05, 4.69) is 19.9 Å². The average molecular weight is 319 g/mol. The molecule has 2 heterocycles. The molecule has 0 fully saturated rings. The van der Waals surface area contributed by atoms with Gasteiger partial charge < -0.3 is 10.7 Å². The maximum atomic E-state index is 12.8. The van der Waals surface area contributed by atoms with Gasteiger partial charge in [-0.15, -0.1) is 0 Å². The first-order chi connectivity index (χ1) is 10.5. The summed E-state index contributed by atoms with van der Waals surface area (Å²) in [6.07, 6.45) is 0. The van der Waals surface area contributed by atoms with Crippen LogP contribution in [0, 0.1) is 5.82 Å². The fourth-order valence-corrected chi connectivity index (χ4v) is 2.58. The van der Waals surface area contributed by atoms with Crippen LogP contribution in [0.25, 0.3) is 11.2 Å². The number of H-pyrrole nitrogens is 2. The highest BCUT2D eigenvalue weighted by Crippen LogP contribution is 2.18. The van der Waals surface area contributed by atoms with Crippen molar-refractivity contribution >= 4 is 34.7 Å². The van der Waals surface area contributed by atoms with Crippen LogP contribution in [-0.2, 0) is 0 Å². The number of thioether (sulfide) groups is 1. The number of hydrogen-bond donors (Lipinski definition) is 3. The highest BCUT2D eigenvalue weighted by molar-refractivity contribution is 7.99. The van der Waals surface area contributed by atoms with Gasteiger partial charge in [0.15, 0.2) is 22.1 Å². The minimum absolute atomic E-state index is 0.0251. The molecule has 22 heavy (non-hydrogen) atoms. The number of hydrogen-bond acceptors (Lipinski definition) is 6. The number of nitrogens with two attached hydrogens (primary N) is 1. The highest BCUT2D eigenvalue weighted by atomic mass is 32.2. The monoisotopic (exact) mass is 319 g/mol. The predicted molar refractivity (Wildman–Crippen MR) is 80.4 cm³/mol. The zero-order valence-corrected chi connectivity index (χ0v) is 11.9. The first kappa shape index (κ1) is 14.3. The number of ketones is 1. The summed E-state index contributed by atoms with van der Waals surface area (Å²) in [6, 6.07) is 5.30. The maximum absolute atomic E-state index is 12.8. The van der Waals surface area contributed by atoms with E-state index >= 15 is 0 Å². The second-order valence-electron chi connectivity index (χ2n) is 4.41. The molecule has 0 unspecified atom stereocenters. The van der Waals surface area contributed by atoms with Crippen molar-refractivity contribution in [2.45, 2.75) is 5.16 Å². The third kappa shape index (κ3) is 2.84. The van der Waals surface area contributed by atoms with Gasteiger partial charge in [-0.25, -0.2) is 9.37 Å². The molecule has 1 aromatic carbocycles. The largest absolute Gasteiger partial charge is 0.369 e. The summed E-state index contributed by atoms with van der Waals surface area (Å²) in [6.45, 7) is 0. The topological polar surface area (TPSA) is 118 Å². The zero-order chi connectivity index (χ0) is 15.7. The number of aromatic amines is 2. The van der Waals surface area contributed by atoms with Crippen LogP contribution in [0.4, 0.5) is 10.3 Å². The van der Waals surface area contributed by atoms with Crippen LogP contribution in [0.1, 0.15) is 10.4 Å². The summed E-state index contributed by atoms with van der Waals surface area (Å²) < 4.78 is 12.8. The van der Waals surface area contributed by atoms with Crippen LogP contribution in [-0.4, -0.2) is 31.5 Å². The first-order valence-electron chi connectivity index (χ1n) is 6.20. The third-order valence-electron chi connectivity index (χ3n) is 2.86. The Morgan fingerprint density at radius 3 is 2.68 bits per heavy atom. The number of Topliss-reactive ketones (excluding diaryl/α,β-unsaturated/α-hetero) is 1. The minimum atomic E-state index is -0.424. The van der Waals surface area contributed by atoms with Gasteiger partial charge in [-0.2, -0.15) is 4.98 Å². The van der Waals surface area contributed by atoms with E-state index < -0.39 is 11.4 Å². The van der Waals surface area contributed by atoms with Gasteiger partial charge in [-0.05, 0) is 24.3 Å². The molecule has 2 aromatic heterocycles. The van der Waals surface area contributed by atoms with Crippen molar-refractivity contribution in [2.24, 2.45) is 0 Å². The van der Waals surface area contributed by atoms with Gasteiger partial charge in [0.1, 0.15) is 5.82 Å². The molecule has 112 valence electrons. The molecule has 9 heteroatoms. The Morgan fingerprint density at radius 2 is 1.95 bits per heavy atom. The highest BCUT2D eigenvalue weighted by Gasteiger charge is 2.12. The van der Waals surface area contributed by atoms with E-state index in [-0.39, 0.29) is 28.6 Å². The van der Waals surface area contributed by atoms with Gasteiger partial charge in [-0.3, -0.25) is 14.6 Å². The Morgan fingerprint density at radius 1 is 1.23 bits per heavy atom. The van der Waals surface area contributed by atoms with Gasteiger partial charge in [-0.1, -0.05) is 11.8 Å². The van der Waals surface area contributed by atoms with Gasteiger partial charge >= 0.3 is 0 Å². The summed E-state index contributed by atoms with van der Waals surface area (Å²) in [7, 11) is 0. The number of nitrogens with one attached hydrogen (secondary N) is 2. The molecule has 3 aromatic rings. The van der Waals surface area contributed by atoms with Crippen LogP contribution in [0.15, 0.2) is 34.2 Å². The third-order valence-corrected chi connectivity index (χ3v) is 3.74. The van der Waals surface area contributed by atoms with Crippen molar-refractivity contribution in [1.29, 1.82) is 0 Å². The molecule has 0 saturated heterocycles. The predicted octanol–water partition coefficient (Wildman–Crippen LogP) is 1.34. The van der Waals surface area contributed by atoms with Crippen molar-refractivity contribution in [1.82, 2.24) is 19.9 Å². The van der Waals surface area contributed by atoms with Crippen molar-refractivity contribution in [3.63, 3.8) is 0 Å². The van der Waals surface area contributed by atoms with Crippen molar-refractivity contribution < 1.29 is 9.18 Å². The lowest BCUT2D eigenvalue weighted by Crippen LogP contribution is -2.10.